The van der Waals surface area contributed by atoms with Gasteiger partial charge in [0.15, 0.2) is 0 Å². The Balaban J connectivity index is 1.44. The van der Waals surface area contributed by atoms with Gasteiger partial charge in [-0.1, -0.05) is 6.92 Å². The van der Waals surface area contributed by atoms with E-state index in [1.165, 1.54) is 31.3 Å². The maximum absolute atomic E-state index is 13.5. The number of ether oxygens (including phenoxy) is 1. The third-order valence-corrected chi connectivity index (χ3v) is 8.19. The number of amides is 2. The van der Waals surface area contributed by atoms with Crippen LogP contribution in [0.2, 0.25) is 0 Å². The molecule has 0 bridgehead atoms. The summed E-state index contributed by atoms with van der Waals surface area (Å²) >= 11 is 0. The first-order valence-corrected chi connectivity index (χ1v) is 15.6. The molecule has 1 saturated heterocycles. The third kappa shape index (κ3) is 7.64. The number of piperazine rings is 1. The quantitative estimate of drug-likeness (QED) is 0.380. The zero-order valence-electron chi connectivity index (χ0n) is 24.6. The van der Waals surface area contributed by atoms with Crippen LogP contribution in [0.1, 0.15) is 49.3 Å². The lowest BCUT2D eigenvalue weighted by Gasteiger charge is -2.35. The van der Waals surface area contributed by atoms with Gasteiger partial charge in [0.25, 0.3) is 5.91 Å². The number of sulfonamides is 1. The topological polar surface area (TPSA) is 134 Å². The highest BCUT2D eigenvalue weighted by Gasteiger charge is 2.27. The summed E-state index contributed by atoms with van der Waals surface area (Å²) in [6.07, 6.45) is 0.141. The second-order valence-corrected chi connectivity index (χ2v) is 13.0. The number of hydrogen-bond donors (Lipinski definition) is 2. The van der Waals surface area contributed by atoms with E-state index in [1.807, 2.05) is 27.7 Å². The number of carbonyl (C=O) groups excluding carboxylic acids is 2. The fraction of sp³-hybridized carbons (Fsp3) is 0.483. The van der Waals surface area contributed by atoms with Crippen LogP contribution in [-0.4, -0.2) is 87.1 Å². The van der Waals surface area contributed by atoms with Crippen LogP contribution in [0.4, 0.5) is 9.18 Å². The molecule has 2 aromatic heterocycles. The Morgan fingerprint density at radius 2 is 1.79 bits per heavy atom. The number of pyridine rings is 1. The van der Waals surface area contributed by atoms with Crippen molar-refractivity contribution in [3.63, 3.8) is 0 Å². The van der Waals surface area contributed by atoms with Gasteiger partial charge < -0.3 is 19.4 Å². The average Bonchev–Trinajstić information content (AvgIpc) is 3.29. The molecular weight excluding hydrogens is 565 g/mol. The SMILES string of the molecule is CCc1cc2c(C(=O)NC)c(-c3ccc(F)cc3)oc2nc1CS(=O)(=O)NCCN1CCN(C(=O)OC(C)(C)C)CC1. The van der Waals surface area contributed by atoms with Crippen molar-refractivity contribution in [1.29, 1.82) is 0 Å². The van der Waals surface area contributed by atoms with Crippen LogP contribution in [0.3, 0.4) is 0 Å². The second kappa shape index (κ2) is 12.8. The number of rotatable bonds is 9. The Kier molecular flexibility index (Phi) is 9.53. The summed E-state index contributed by atoms with van der Waals surface area (Å²) in [6, 6.07) is 7.29. The minimum absolute atomic E-state index is 0.123. The van der Waals surface area contributed by atoms with E-state index >= 15 is 0 Å². The van der Waals surface area contributed by atoms with Gasteiger partial charge in [-0.3, -0.25) is 9.69 Å². The lowest BCUT2D eigenvalue weighted by atomic mass is 10.0. The molecule has 0 unspecified atom stereocenters. The van der Waals surface area contributed by atoms with Crippen LogP contribution in [-0.2, 0) is 26.9 Å². The van der Waals surface area contributed by atoms with E-state index in [2.05, 4.69) is 19.9 Å². The van der Waals surface area contributed by atoms with Crippen LogP contribution in [0.5, 0.6) is 0 Å². The highest BCUT2D eigenvalue weighted by molar-refractivity contribution is 7.88. The predicted molar refractivity (Wildman–Crippen MR) is 157 cm³/mol. The van der Waals surface area contributed by atoms with Crippen LogP contribution in [0, 0.1) is 5.82 Å². The van der Waals surface area contributed by atoms with Gasteiger partial charge in [0, 0.05) is 51.9 Å². The van der Waals surface area contributed by atoms with Gasteiger partial charge in [0.2, 0.25) is 15.7 Å². The number of aryl methyl sites for hydroxylation is 1. The molecule has 0 spiro atoms. The van der Waals surface area contributed by atoms with E-state index in [0.29, 0.717) is 61.4 Å². The lowest BCUT2D eigenvalue weighted by Crippen LogP contribution is -2.51. The Morgan fingerprint density at radius 1 is 1.12 bits per heavy atom. The molecule has 2 N–H and O–H groups in total. The molecule has 0 atom stereocenters. The minimum Gasteiger partial charge on any atom is -0.444 e. The number of halogens is 1. The number of fused-ring (bicyclic) bond motifs is 1. The maximum Gasteiger partial charge on any atom is 0.410 e. The fourth-order valence-corrected chi connectivity index (χ4v) is 5.87. The summed E-state index contributed by atoms with van der Waals surface area (Å²) in [5, 5.41) is 3.05. The zero-order chi connectivity index (χ0) is 30.7. The van der Waals surface area contributed by atoms with Crippen molar-refractivity contribution in [2.75, 3.05) is 46.3 Å². The van der Waals surface area contributed by atoms with Gasteiger partial charge in [-0.2, -0.15) is 0 Å². The highest BCUT2D eigenvalue weighted by atomic mass is 32.2. The molecule has 11 nitrogen and oxygen atoms in total. The van der Waals surface area contributed by atoms with Gasteiger partial charge in [-0.15, -0.1) is 0 Å². The minimum atomic E-state index is -3.75. The number of carbonyl (C=O) groups is 2. The van der Waals surface area contributed by atoms with Crippen molar-refractivity contribution in [1.82, 2.24) is 24.8 Å². The molecule has 1 aromatic carbocycles. The first-order chi connectivity index (χ1) is 19.8. The van der Waals surface area contributed by atoms with Crippen LogP contribution >= 0.6 is 0 Å². The largest absolute Gasteiger partial charge is 0.444 e. The van der Waals surface area contributed by atoms with Crippen molar-refractivity contribution < 1.29 is 31.6 Å². The van der Waals surface area contributed by atoms with Gasteiger partial charge in [0.1, 0.15) is 22.9 Å². The molecule has 0 saturated carbocycles. The van der Waals surface area contributed by atoms with Crippen molar-refractivity contribution in [3.8, 4) is 11.3 Å². The Hall–Kier alpha value is -3.55. The van der Waals surface area contributed by atoms with Gasteiger partial charge in [0.05, 0.1) is 16.6 Å². The van der Waals surface area contributed by atoms with Gasteiger partial charge in [-0.25, -0.2) is 27.3 Å². The smallest absolute Gasteiger partial charge is 0.410 e. The van der Waals surface area contributed by atoms with E-state index < -0.39 is 27.3 Å². The molecular formula is C29H38FN5O6S. The molecule has 1 aliphatic rings. The summed E-state index contributed by atoms with van der Waals surface area (Å²) in [7, 11) is -2.25. The molecule has 0 radical (unpaired) electrons. The Labute approximate surface area is 245 Å². The summed E-state index contributed by atoms with van der Waals surface area (Å²) in [5.74, 6) is -0.957. The fourth-order valence-electron chi connectivity index (χ4n) is 4.76. The number of benzene rings is 1. The highest BCUT2D eigenvalue weighted by Crippen LogP contribution is 2.34. The van der Waals surface area contributed by atoms with E-state index in [0.717, 1.165) is 0 Å². The molecule has 1 fully saturated rings. The van der Waals surface area contributed by atoms with Crippen molar-refractivity contribution in [2.45, 2.75) is 45.5 Å². The normalized spacial score (nSPS) is 14.8. The lowest BCUT2D eigenvalue weighted by molar-refractivity contribution is 0.0147. The van der Waals surface area contributed by atoms with Gasteiger partial charge in [-0.05, 0) is 63.1 Å². The molecule has 228 valence electrons. The molecule has 13 heteroatoms. The first-order valence-electron chi connectivity index (χ1n) is 13.9. The van der Waals surface area contributed by atoms with E-state index in [-0.39, 0.29) is 35.4 Å². The summed E-state index contributed by atoms with van der Waals surface area (Å²) in [4.78, 5) is 33.4. The number of nitrogens with zero attached hydrogens (tertiary/aromatic N) is 3. The zero-order valence-corrected chi connectivity index (χ0v) is 25.4. The van der Waals surface area contributed by atoms with E-state index in [9.17, 15) is 22.4 Å². The number of aromatic nitrogens is 1. The molecule has 0 aliphatic carbocycles. The number of furan rings is 1. The first kappa shape index (κ1) is 31.4. The summed E-state index contributed by atoms with van der Waals surface area (Å²) < 4.78 is 53.6. The number of nitrogens with one attached hydrogen (secondary N) is 2. The Bertz CT molecular complexity index is 1540. The summed E-state index contributed by atoms with van der Waals surface area (Å²) in [5.41, 5.74) is 1.30. The monoisotopic (exact) mass is 603 g/mol. The predicted octanol–water partition coefficient (Wildman–Crippen LogP) is 3.53. The van der Waals surface area contributed by atoms with Crippen LogP contribution in [0.15, 0.2) is 34.7 Å². The van der Waals surface area contributed by atoms with E-state index in [1.54, 1.807) is 11.0 Å². The second-order valence-electron chi connectivity index (χ2n) is 11.2. The summed E-state index contributed by atoms with van der Waals surface area (Å²) in [6.45, 7) is 10.3. The van der Waals surface area contributed by atoms with Gasteiger partial charge >= 0.3 is 6.09 Å². The maximum atomic E-state index is 13.5. The molecule has 3 heterocycles. The molecule has 3 aromatic rings. The number of hydrogen-bond acceptors (Lipinski definition) is 8. The van der Waals surface area contributed by atoms with Crippen molar-refractivity contribution in [2.24, 2.45) is 0 Å². The third-order valence-electron chi connectivity index (χ3n) is 6.89. The molecule has 4 rings (SSSR count). The van der Waals surface area contributed by atoms with Crippen molar-refractivity contribution in [3.05, 3.63) is 53.0 Å². The Morgan fingerprint density at radius 3 is 2.38 bits per heavy atom. The van der Waals surface area contributed by atoms with Crippen molar-refractivity contribution >= 4 is 33.1 Å². The standard InChI is InChI=1S/C29H38FN5O6S/c1-6-19-17-22-24(26(36)31-5)25(20-7-9-21(30)10-8-20)40-27(22)33-23(19)18-42(38,39)32-11-12-34-13-15-35(16-14-34)28(37)41-29(2,3)4/h7-10,17,32H,6,11-16,18H2,1-5H3,(H,31,36). The van der Waals surface area contributed by atoms with Crippen LogP contribution in [0.25, 0.3) is 22.4 Å². The van der Waals surface area contributed by atoms with E-state index in [4.69, 9.17) is 9.15 Å². The molecule has 2 amide bonds. The molecule has 42 heavy (non-hydrogen) atoms. The van der Waals surface area contributed by atoms with Crippen LogP contribution < -0.4 is 10.0 Å². The average molecular weight is 604 g/mol. The molecule has 1 aliphatic heterocycles.